The molecule has 3 aromatic rings. The summed E-state index contributed by atoms with van der Waals surface area (Å²) in [5.41, 5.74) is 3.32. The third-order valence-electron chi connectivity index (χ3n) is 2.42. The van der Waals surface area contributed by atoms with E-state index in [4.69, 9.17) is 11.6 Å². The molecule has 0 atom stereocenters. The second-order valence-electron chi connectivity index (χ2n) is 3.61. The van der Waals surface area contributed by atoms with E-state index in [2.05, 4.69) is 41.8 Å². The zero-order valence-corrected chi connectivity index (χ0v) is 12.3. The van der Waals surface area contributed by atoms with Crippen molar-refractivity contribution >= 4 is 65.5 Å². The number of nitrogens with zero attached hydrogens (tertiary/aromatic N) is 2. The maximum atomic E-state index is 5.95. The van der Waals surface area contributed by atoms with Gasteiger partial charge in [-0.05, 0) is 46.3 Å². The van der Waals surface area contributed by atoms with Gasteiger partial charge in [0.25, 0.3) is 0 Å². The van der Waals surface area contributed by atoms with Crippen LogP contribution in [0.1, 0.15) is 0 Å². The molecule has 1 heterocycles. The zero-order chi connectivity index (χ0) is 12.0. The lowest BCUT2D eigenvalue weighted by molar-refractivity contribution is 1.38. The van der Waals surface area contributed by atoms with Gasteiger partial charge in [0, 0.05) is 14.0 Å². The molecule has 84 valence electrons. The summed E-state index contributed by atoms with van der Waals surface area (Å²) in [4.78, 5) is 9.12. The summed E-state index contributed by atoms with van der Waals surface area (Å²) in [6, 6.07) is 9.41. The van der Waals surface area contributed by atoms with Gasteiger partial charge in [-0.3, -0.25) is 0 Å². The van der Waals surface area contributed by atoms with Crippen molar-refractivity contribution in [1.82, 2.24) is 9.97 Å². The molecule has 0 fully saturated rings. The summed E-state index contributed by atoms with van der Waals surface area (Å²) in [5, 5.41) is 0.666. The molecule has 17 heavy (non-hydrogen) atoms. The monoisotopic (exact) mass is 370 g/mol. The normalized spacial score (nSPS) is 11.2. The standard InChI is InChI=1S/C12H5Br2ClN2/c13-6-3-8(14)12-11(4-6)16-9-2-1-7(15)5-10(9)17-12/h1-5H. The van der Waals surface area contributed by atoms with E-state index in [1.165, 1.54) is 0 Å². The lowest BCUT2D eigenvalue weighted by Gasteiger charge is -2.03. The van der Waals surface area contributed by atoms with Gasteiger partial charge in [0.1, 0.15) is 5.52 Å². The van der Waals surface area contributed by atoms with Crippen LogP contribution in [-0.2, 0) is 0 Å². The highest BCUT2D eigenvalue weighted by atomic mass is 79.9. The topological polar surface area (TPSA) is 25.8 Å². The van der Waals surface area contributed by atoms with Gasteiger partial charge in [-0.2, -0.15) is 0 Å². The molecule has 5 heteroatoms. The molecule has 0 saturated carbocycles. The fourth-order valence-electron chi connectivity index (χ4n) is 1.68. The summed E-state index contributed by atoms with van der Waals surface area (Å²) in [7, 11) is 0. The third-order valence-corrected chi connectivity index (χ3v) is 3.72. The SMILES string of the molecule is Clc1ccc2nc3cc(Br)cc(Br)c3nc2c1. The first-order chi connectivity index (χ1) is 8.13. The zero-order valence-electron chi connectivity index (χ0n) is 8.42. The Hall–Kier alpha value is -0.710. The Morgan fingerprint density at radius 1 is 0.882 bits per heavy atom. The molecule has 0 aliphatic heterocycles. The molecule has 0 aliphatic rings. The van der Waals surface area contributed by atoms with Gasteiger partial charge < -0.3 is 0 Å². The van der Waals surface area contributed by atoms with Gasteiger partial charge in [-0.1, -0.05) is 27.5 Å². The fourth-order valence-corrected chi connectivity index (χ4v) is 3.14. The Balaban J connectivity index is 2.48. The van der Waals surface area contributed by atoms with Gasteiger partial charge in [0.15, 0.2) is 0 Å². The minimum Gasteiger partial charge on any atom is -0.244 e. The summed E-state index contributed by atoms with van der Waals surface area (Å²) in [5.74, 6) is 0. The van der Waals surface area contributed by atoms with E-state index in [9.17, 15) is 0 Å². The Labute approximate surface area is 119 Å². The van der Waals surface area contributed by atoms with Crippen molar-refractivity contribution < 1.29 is 0 Å². The minimum absolute atomic E-state index is 0.666. The van der Waals surface area contributed by atoms with Crippen LogP contribution in [0.4, 0.5) is 0 Å². The lowest BCUT2D eigenvalue weighted by atomic mass is 10.2. The molecule has 0 unspecified atom stereocenters. The van der Waals surface area contributed by atoms with E-state index < -0.39 is 0 Å². The molecule has 3 rings (SSSR count). The largest absolute Gasteiger partial charge is 0.244 e. The molecule has 0 saturated heterocycles. The van der Waals surface area contributed by atoms with Crippen LogP contribution in [-0.4, -0.2) is 9.97 Å². The lowest BCUT2D eigenvalue weighted by Crippen LogP contribution is -1.88. The predicted octanol–water partition coefficient (Wildman–Crippen LogP) is 4.96. The first kappa shape index (κ1) is 11.4. The van der Waals surface area contributed by atoms with Gasteiger partial charge >= 0.3 is 0 Å². The van der Waals surface area contributed by atoms with Gasteiger partial charge in [-0.15, -0.1) is 0 Å². The van der Waals surface area contributed by atoms with Crippen LogP contribution in [0.15, 0.2) is 39.3 Å². The van der Waals surface area contributed by atoms with Crippen LogP contribution in [0.3, 0.4) is 0 Å². The number of hydrogen-bond donors (Lipinski definition) is 0. The highest BCUT2D eigenvalue weighted by Crippen LogP contribution is 2.28. The van der Waals surface area contributed by atoms with Crippen molar-refractivity contribution in [2.45, 2.75) is 0 Å². The van der Waals surface area contributed by atoms with Crippen molar-refractivity contribution in [2.75, 3.05) is 0 Å². The highest BCUT2D eigenvalue weighted by Gasteiger charge is 2.06. The van der Waals surface area contributed by atoms with Crippen LogP contribution in [0.25, 0.3) is 22.1 Å². The summed E-state index contributed by atoms with van der Waals surface area (Å²) >= 11 is 12.9. The number of benzene rings is 2. The first-order valence-corrected chi connectivity index (χ1v) is 6.82. The second-order valence-corrected chi connectivity index (χ2v) is 5.82. The molecule has 0 amide bonds. The Morgan fingerprint density at radius 3 is 2.53 bits per heavy atom. The average molecular weight is 372 g/mol. The van der Waals surface area contributed by atoms with E-state index >= 15 is 0 Å². The molecular weight excluding hydrogens is 367 g/mol. The van der Waals surface area contributed by atoms with Crippen molar-refractivity contribution in [3.63, 3.8) is 0 Å². The molecule has 0 aliphatic carbocycles. The van der Waals surface area contributed by atoms with Crippen molar-refractivity contribution in [3.8, 4) is 0 Å². The Bertz CT molecular complexity index is 743. The number of rotatable bonds is 0. The molecule has 0 N–H and O–H groups in total. The number of aromatic nitrogens is 2. The van der Waals surface area contributed by atoms with Crippen LogP contribution in [0, 0.1) is 0 Å². The molecule has 0 spiro atoms. The van der Waals surface area contributed by atoms with E-state index in [0.29, 0.717) is 5.02 Å². The molecular formula is C12H5Br2ClN2. The predicted molar refractivity (Wildman–Crippen MR) is 77.5 cm³/mol. The second kappa shape index (κ2) is 4.19. The Morgan fingerprint density at radius 2 is 1.71 bits per heavy atom. The first-order valence-electron chi connectivity index (χ1n) is 4.85. The van der Waals surface area contributed by atoms with E-state index in [-0.39, 0.29) is 0 Å². The van der Waals surface area contributed by atoms with Crippen molar-refractivity contribution in [1.29, 1.82) is 0 Å². The maximum Gasteiger partial charge on any atom is 0.104 e. The molecule has 2 nitrogen and oxygen atoms in total. The van der Waals surface area contributed by atoms with Crippen LogP contribution < -0.4 is 0 Å². The van der Waals surface area contributed by atoms with Gasteiger partial charge in [0.05, 0.1) is 16.6 Å². The van der Waals surface area contributed by atoms with Crippen LogP contribution in [0.2, 0.25) is 5.02 Å². The smallest absolute Gasteiger partial charge is 0.104 e. The molecule has 0 radical (unpaired) electrons. The molecule has 0 bridgehead atoms. The number of fused-ring (bicyclic) bond motifs is 2. The Kier molecular flexibility index (Phi) is 2.81. The summed E-state index contributed by atoms with van der Waals surface area (Å²) in [6.45, 7) is 0. The van der Waals surface area contributed by atoms with Crippen molar-refractivity contribution in [2.24, 2.45) is 0 Å². The summed E-state index contributed by atoms with van der Waals surface area (Å²) < 4.78 is 1.88. The van der Waals surface area contributed by atoms with Gasteiger partial charge in [-0.25, -0.2) is 9.97 Å². The van der Waals surface area contributed by atoms with Crippen molar-refractivity contribution in [3.05, 3.63) is 44.3 Å². The number of hydrogen-bond acceptors (Lipinski definition) is 2. The van der Waals surface area contributed by atoms with Gasteiger partial charge in [0.2, 0.25) is 0 Å². The van der Waals surface area contributed by atoms with E-state index in [0.717, 1.165) is 31.0 Å². The minimum atomic E-state index is 0.666. The maximum absolute atomic E-state index is 5.95. The average Bonchev–Trinajstić information content (AvgIpc) is 2.27. The van der Waals surface area contributed by atoms with E-state index in [1.54, 1.807) is 0 Å². The highest BCUT2D eigenvalue weighted by molar-refractivity contribution is 9.11. The van der Waals surface area contributed by atoms with Crippen LogP contribution in [0.5, 0.6) is 0 Å². The molecule has 1 aromatic heterocycles. The summed E-state index contributed by atoms with van der Waals surface area (Å²) in [6.07, 6.45) is 0. The number of halogens is 3. The van der Waals surface area contributed by atoms with E-state index in [1.807, 2.05) is 30.3 Å². The third kappa shape index (κ3) is 2.05. The van der Waals surface area contributed by atoms with Crippen LogP contribution >= 0.6 is 43.5 Å². The quantitative estimate of drug-likeness (QED) is 0.521. The molecule has 2 aromatic carbocycles. The fraction of sp³-hybridized carbons (Fsp3) is 0.